The molecule has 0 saturated heterocycles. The number of nitro benzene ring substituents is 2. The van der Waals surface area contributed by atoms with E-state index in [1.807, 2.05) is 24.3 Å². The average molecular weight is 523 g/mol. The fourth-order valence-corrected chi connectivity index (χ4v) is 6.65. The Labute approximate surface area is 226 Å². The first-order chi connectivity index (χ1) is 18.4. The highest BCUT2D eigenvalue weighted by Crippen LogP contribution is 2.43. The van der Waals surface area contributed by atoms with E-state index < -0.39 is 15.5 Å². The number of nitrogens with zero attached hydrogens (tertiary/aromatic N) is 2. The van der Waals surface area contributed by atoms with Gasteiger partial charge in [-0.3, -0.25) is 20.2 Å². The summed E-state index contributed by atoms with van der Waals surface area (Å²) in [6, 6.07) is 11.1. The normalized spacial score (nSPS) is 23.6. The van der Waals surface area contributed by atoms with E-state index in [4.69, 9.17) is 4.74 Å². The lowest BCUT2D eigenvalue weighted by molar-refractivity contribution is -0.394. The van der Waals surface area contributed by atoms with Crippen LogP contribution < -0.4 is 4.74 Å². The molecule has 2 aliphatic rings. The lowest BCUT2D eigenvalue weighted by atomic mass is 9.68. The summed E-state index contributed by atoms with van der Waals surface area (Å²) < 4.78 is 5.69. The van der Waals surface area contributed by atoms with Gasteiger partial charge in [-0.05, 0) is 86.0 Å². The van der Waals surface area contributed by atoms with Crippen molar-refractivity contribution in [3.05, 3.63) is 68.3 Å². The molecule has 2 fully saturated rings. The van der Waals surface area contributed by atoms with Crippen LogP contribution in [-0.4, -0.2) is 9.85 Å². The lowest BCUT2D eigenvalue weighted by Gasteiger charge is -2.38. The SMILES string of the molecule is CCCCCC1CCC(C2CCC(CCc3ccc(Oc4ccc([N+](=O)[O-])cc4[N+](=O)[O-])cc3)CC2)CC1. The number of hydrogen-bond acceptors (Lipinski definition) is 5. The van der Waals surface area contributed by atoms with Gasteiger partial charge in [0.15, 0.2) is 0 Å². The standard InChI is InChI=1S/C31H42N2O5/c1-2-3-4-5-23-8-14-26(15-9-23)27-16-10-24(11-17-27)6-7-25-12-19-29(20-13-25)38-31-21-18-28(32(34)35)22-30(31)33(36)37/h12-13,18-24,26-27H,2-11,14-17H2,1H3. The Morgan fingerprint density at radius 2 is 1.37 bits per heavy atom. The Morgan fingerprint density at radius 3 is 1.92 bits per heavy atom. The highest BCUT2D eigenvalue weighted by Gasteiger charge is 2.30. The lowest BCUT2D eigenvalue weighted by Crippen LogP contribution is -2.26. The Morgan fingerprint density at radius 1 is 0.763 bits per heavy atom. The zero-order chi connectivity index (χ0) is 26.9. The predicted molar refractivity (Wildman–Crippen MR) is 150 cm³/mol. The Bertz CT molecular complexity index is 1050. The summed E-state index contributed by atoms with van der Waals surface area (Å²) in [4.78, 5) is 21.0. The maximum atomic E-state index is 11.3. The molecule has 0 unspecified atom stereocenters. The van der Waals surface area contributed by atoms with E-state index in [2.05, 4.69) is 6.92 Å². The molecule has 0 spiro atoms. The maximum Gasteiger partial charge on any atom is 0.318 e. The number of benzene rings is 2. The van der Waals surface area contributed by atoms with Gasteiger partial charge in [-0.25, -0.2) is 0 Å². The van der Waals surface area contributed by atoms with Crippen LogP contribution in [0.2, 0.25) is 0 Å². The molecule has 2 saturated carbocycles. The first kappa shape index (κ1) is 28.1. The third kappa shape index (κ3) is 7.78. The second-order valence-corrected chi connectivity index (χ2v) is 11.5. The van der Waals surface area contributed by atoms with E-state index in [9.17, 15) is 20.2 Å². The fourth-order valence-electron chi connectivity index (χ4n) is 6.65. The molecule has 206 valence electrons. The highest BCUT2D eigenvalue weighted by molar-refractivity contribution is 5.54. The Hall–Kier alpha value is -2.96. The average Bonchev–Trinajstić information content (AvgIpc) is 2.93. The fraction of sp³-hybridized carbons (Fsp3) is 0.613. The van der Waals surface area contributed by atoms with Gasteiger partial charge in [0.25, 0.3) is 5.69 Å². The largest absolute Gasteiger partial charge is 0.450 e. The third-order valence-electron chi connectivity index (χ3n) is 9.01. The molecule has 0 radical (unpaired) electrons. The molecule has 0 atom stereocenters. The summed E-state index contributed by atoms with van der Waals surface area (Å²) in [6.07, 6.45) is 19.2. The zero-order valence-corrected chi connectivity index (χ0v) is 22.7. The van der Waals surface area contributed by atoms with Crippen LogP contribution >= 0.6 is 0 Å². The third-order valence-corrected chi connectivity index (χ3v) is 9.01. The van der Waals surface area contributed by atoms with Gasteiger partial charge < -0.3 is 4.74 Å². The van der Waals surface area contributed by atoms with Crippen molar-refractivity contribution in [1.82, 2.24) is 0 Å². The molecule has 0 N–H and O–H groups in total. The number of non-ortho nitro benzene ring substituents is 1. The number of ether oxygens (including phenoxy) is 1. The molecule has 4 rings (SSSR count). The van der Waals surface area contributed by atoms with Gasteiger partial charge in [0.1, 0.15) is 5.75 Å². The van der Waals surface area contributed by atoms with E-state index in [1.165, 1.54) is 101 Å². The summed E-state index contributed by atoms with van der Waals surface area (Å²) in [5.41, 5.74) is 0.483. The predicted octanol–water partition coefficient (Wildman–Crippen LogP) is 9.42. The van der Waals surface area contributed by atoms with Crippen molar-refractivity contribution in [2.24, 2.45) is 23.7 Å². The summed E-state index contributed by atoms with van der Waals surface area (Å²) in [7, 11) is 0. The van der Waals surface area contributed by atoms with Crippen molar-refractivity contribution in [3.63, 3.8) is 0 Å². The van der Waals surface area contributed by atoms with E-state index >= 15 is 0 Å². The van der Waals surface area contributed by atoms with Crippen molar-refractivity contribution in [2.45, 2.75) is 96.8 Å². The van der Waals surface area contributed by atoms with Gasteiger partial charge in [-0.1, -0.05) is 70.4 Å². The quantitative estimate of drug-likeness (QED) is 0.157. The van der Waals surface area contributed by atoms with Gasteiger partial charge in [-0.2, -0.15) is 0 Å². The first-order valence-corrected chi connectivity index (χ1v) is 14.6. The molecule has 0 amide bonds. The number of rotatable bonds is 12. The number of hydrogen-bond donors (Lipinski definition) is 0. The van der Waals surface area contributed by atoms with Crippen LogP contribution in [0.5, 0.6) is 11.5 Å². The Balaban J connectivity index is 1.19. The molecular weight excluding hydrogens is 480 g/mol. The number of nitro groups is 2. The Kier molecular flexibility index (Phi) is 10.1. The van der Waals surface area contributed by atoms with Crippen LogP contribution in [0.1, 0.15) is 96.0 Å². The summed E-state index contributed by atoms with van der Waals surface area (Å²) >= 11 is 0. The van der Waals surface area contributed by atoms with Crippen molar-refractivity contribution < 1.29 is 14.6 Å². The van der Waals surface area contributed by atoms with E-state index in [0.29, 0.717) is 5.75 Å². The highest BCUT2D eigenvalue weighted by atomic mass is 16.6. The molecule has 2 aromatic carbocycles. The maximum absolute atomic E-state index is 11.3. The van der Waals surface area contributed by atoms with Crippen molar-refractivity contribution in [1.29, 1.82) is 0 Å². The topological polar surface area (TPSA) is 95.5 Å². The molecule has 7 heteroatoms. The zero-order valence-electron chi connectivity index (χ0n) is 22.7. The van der Waals surface area contributed by atoms with Crippen LogP contribution in [-0.2, 0) is 6.42 Å². The molecule has 0 aliphatic heterocycles. The minimum Gasteiger partial charge on any atom is -0.450 e. The van der Waals surface area contributed by atoms with Crippen molar-refractivity contribution in [2.75, 3.05) is 0 Å². The molecule has 7 nitrogen and oxygen atoms in total. The molecular formula is C31H42N2O5. The van der Waals surface area contributed by atoms with Crippen molar-refractivity contribution >= 4 is 11.4 Å². The summed E-state index contributed by atoms with van der Waals surface area (Å²) in [5, 5.41) is 22.3. The van der Waals surface area contributed by atoms with Gasteiger partial charge in [0.2, 0.25) is 5.75 Å². The first-order valence-electron chi connectivity index (χ1n) is 14.6. The summed E-state index contributed by atoms with van der Waals surface area (Å²) in [5.74, 6) is 4.19. The second kappa shape index (κ2) is 13.7. The van der Waals surface area contributed by atoms with Crippen LogP contribution in [0.3, 0.4) is 0 Å². The van der Waals surface area contributed by atoms with E-state index in [0.717, 1.165) is 36.2 Å². The van der Waals surface area contributed by atoms with Crippen LogP contribution in [0.15, 0.2) is 42.5 Å². The van der Waals surface area contributed by atoms with Gasteiger partial charge in [-0.15, -0.1) is 0 Å². The van der Waals surface area contributed by atoms with Crippen LogP contribution in [0.4, 0.5) is 11.4 Å². The van der Waals surface area contributed by atoms with Crippen LogP contribution in [0, 0.1) is 43.9 Å². The molecule has 0 bridgehead atoms. The van der Waals surface area contributed by atoms with E-state index in [1.54, 1.807) is 0 Å². The van der Waals surface area contributed by atoms with Gasteiger partial charge >= 0.3 is 5.69 Å². The minimum absolute atomic E-state index is 0.00455. The molecule has 0 aromatic heterocycles. The monoisotopic (exact) mass is 522 g/mol. The minimum atomic E-state index is -0.662. The summed E-state index contributed by atoms with van der Waals surface area (Å²) in [6.45, 7) is 2.29. The smallest absolute Gasteiger partial charge is 0.318 e. The molecule has 2 aliphatic carbocycles. The van der Waals surface area contributed by atoms with Crippen molar-refractivity contribution in [3.8, 4) is 11.5 Å². The molecule has 0 heterocycles. The van der Waals surface area contributed by atoms with Crippen LogP contribution in [0.25, 0.3) is 0 Å². The van der Waals surface area contributed by atoms with E-state index in [-0.39, 0.29) is 11.4 Å². The van der Waals surface area contributed by atoms with Gasteiger partial charge in [0.05, 0.1) is 15.9 Å². The number of unbranched alkanes of at least 4 members (excludes halogenated alkanes) is 2. The number of aryl methyl sites for hydroxylation is 1. The second-order valence-electron chi connectivity index (χ2n) is 11.5. The molecule has 2 aromatic rings. The van der Waals surface area contributed by atoms with Gasteiger partial charge in [0, 0.05) is 6.07 Å². The molecule has 38 heavy (non-hydrogen) atoms.